The van der Waals surface area contributed by atoms with Crippen LogP contribution < -0.4 is 16.2 Å². The van der Waals surface area contributed by atoms with Gasteiger partial charge in [0.25, 0.3) is 5.91 Å². The fourth-order valence-corrected chi connectivity index (χ4v) is 2.54. The summed E-state index contributed by atoms with van der Waals surface area (Å²) in [6.45, 7) is 1.96. The maximum atomic E-state index is 11.4. The molecule has 4 heteroatoms. The van der Waals surface area contributed by atoms with Crippen LogP contribution in [-0.4, -0.2) is 18.1 Å². The second-order valence-corrected chi connectivity index (χ2v) is 5.32. The van der Waals surface area contributed by atoms with E-state index in [2.05, 4.69) is 0 Å². The van der Waals surface area contributed by atoms with Gasteiger partial charge in [0, 0.05) is 6.04 Å². The number of carbonyl (C=O) groups excluding carboxylic acids is 1. The van der Waals surface area contributed by atoms with E-state index >= 15 is 0 Å². The van der Waals surface area contributed by atoms with Crippen molar-refractivity contribution in [1.29, 1.82) is 0 Å². The summed E-state index contributed by atoms with van der Waals surface area (Å²) < 4.78 is 6.00. The Kier molecular flexibility index (Phi) is 4.43. The molecule has 0 radical (unpaired) electrons. The maximum absolute atomic E-state index is 11.4. The van der Waals surface area contributed by atoms with Crippen molar-refractivity contribution in [3.63, 3.8) is 0 Å². The van der Waals surface area contributed by atoms with Gasteiger partial charge < -0.3 is 16.2 Å². The number of nitrogens with two attached hydrogens (primary N) is 2. The maximum Gasteiger partial charge on any atom is 0.252 e. The Hall–Kier alpha value is -1.55. The van der Waals surface area contributed by atoms with Crippen molar-refractivity contribution in [2.45, 2.75) is 51.2 Å². The van der Waals surface area contributed by atoms with Gasteiger partial charge in [0.15, 0.2) is 0 Å². The van der Waals surface area contributed by atoms with Crippen LogP contribution >= 0.6 is 0 Å². The van der Waals surface area contributed by atoms with Crippen LogP contribution in [0.2, 0.25) is 0 Å². The van der Waals surface area contributed by atoms with Crippen molar-refractivity contribution in [2.24, 2.45) is 11.5 Å². The summed E-state index contributed by atoms with van der Waals surface area (Å²) in [5.41, 5.74) is 13.0. The Labute approximate surface area is 114 Å². The number of ether oxygens (including phenoxy) is 1. The average molecular weight is 262 g/mol. The molecule has 0 bridgehead atoms. The standard InChI is InChI=1S/C15H22N2O2/c1-10-7-8-11(15(17)18)14(9-10)19-13-6-4-2-3-5-12(13)16/h7-9,12-13H,2-6,16H2,1H3,(H2,17,18). The van der Waals surface area contributed by atoms with Crippen LogP contribution in [0.3, 0.4) is 0 Å². The van der Waals surface area contributed by atoms with Crippen molar-refractivity contribution < 1.29 is 9.53 Å². The molecule has 4 nitrogen and oxygen atoms in total. The van der Waals surface area contributed by atoms with Gasteiger partial charge in [-0.15, -0.1) is 0 Å². The predicted molar refractivity (Wildman–Crippen MR) is 75.2 cm³/mol. The Morgan fingerprint density at radius 2 is 2.00 bits per heavy atom. The van der Waals surface area contributed by atoms with Crippen LogP contribution in [0.1, 0.15) is 48.0 Å². The van der Waals surface area contributed by atoms with Gasteiger partial charge in [-0.3, -0.25) is 4.79 Å². The molecule has 2 unspecified atom stereocenters. The zero-order chi connectivity index (χ0) is 13.8. The summed E-state index contributed by atoms with van der Waals surface area (Å²) in [6, 6.07) is 5.47. The van der Waals surface area contributed by atoms with E-state index < -0.39 is 5.91 Å². The minimum absolute atomic E-state index is 0.0256. The molecule has 2 rings (SSSR count). The van der Waals surface area contributed by atoms with Crippen LogP contribution in [0.5, 0.6) is 5.75 Å². The highest BCUT2D eigenvalue weighted by atomic mass is 16.5. The number of amides is 1. The number of hydrogen-bond acceptors (Lipinski definition) is 3. The molecular weight excluding hydrogens is 240 g/mol. The molecule has 1 saturated carbocycles. The van der Waals surface area contributed by atoms with Gasteiger partial charge in [-0.2, -0.15) is 0 Å². The van der Waals surface area contributed by atoms with Crippen LogP contribution in [0.25, 0.3) is 0 Å². The van der Waals surface area contributed by atoms with E-state index in [0.717, 1.165) is 31.2 Å². The first-order valence-electron chi connectivity index (χ1n) is 6.90. The lowest BCUT2D eigenvalue weighted by Gasteiger charge is -2.24. The molecule has 1 amide bonds. The normalized spacial score (nSPS) is 23.7. The highest BCUT2D eigenvalue weighted by Gasteiger charge is 2.23. The van der Waals surface area contributed by atoms with Gasteiger partial charge in [0.2, 0.25) is 0 Å². The van der Waals surface area contributed by atoms with E-state index in [1.165, 1.54) is 6.42 Å². The monoisotopic (exact) mass is 262 g/mol. The second-order valence-electron chi connectivity index (χ2n) is 5.32. The molecule has 104 valence electrons. The summed E-state index contributed by atoms with van der Waals surface area (Å²) in [7, 11) is 0. The van der Waals surface area contributed by atoms with Crippen LogP contribution in [-0.2, 0) is 0 Å². The second kappa shape index (κ2) is 6.06. The smallest absolute Gasteiger partial charge is 0.252 e. The van der Waals surface area contributed by atoms with E-state index in [-0.39, 0.29) is 12.1 Å². The molecular formula is C15H22N2O2. The molecule has 0 spiro atoms. The van der Waals surface area contributed by atoms with Gasteiger partial charge in [0.05, 0.1) is 5.56 Å². The van der Waals surface area contributed by atoms with E-state index in [1.807, 2.05) is 19.1 Å². The Morgan fingerprint density at radius 1 is 1.26 bits per heavy atom. The third kappa shape index (κ3) is 3.47. The van der Waals surface area contributed by atoms with Gasteiger partial charge >= 0.3 is 0 Å². The van der Waals surface area contributed by atoms with Crippen LogP contribution in [0.4, 0.5) is 0 Å². The van der Waals surface area contributed by atoms with Gasteiger partial charge in [-0.1, -0.05) is 18.9 Å². The largest absolute Gasteiger partial charge is 0.488 e. The SMILES string of the molecule is Cc1ccc(C(N)=O)c(OC2CCCCCC2N)c1. The van der Waals surface area contributed by atoms with Gasteiger partial charge in [-0.05, 0) is 43.9 Å². The summed E-state index contributed by atoms with van der Waals surface area (Å²) in [4.78, 5) is 11.4. The lowest BCUT2D eigenvalue weighted by Crippen LogP contribution is -2.38. The quantitative estimate of drug-likeness (QED) is 0.819. The van der Waals surface area contributed by atoms with Gasteiger partial charge in [-0.25, -0.2) is 0 Å². The van der Waals surface area contributed by atoms with Crippen molar-refractivity contribution >= 4 is 5.91 Å². The minimum atomic E-state index is -0.461. The number of hydrogen-bond donors (Lipinski definition) is 2. The number of rotatable bonds is 3. The van der Waals surface area contributed by atoms with E-state index in [4.69, 9.17) is 16.2 Å². The van der Waals surface area contributed by atoms with E-state index in [9.17, 15) is 4.79 Å². The van der Waals surface area contributed by atoms with Crippen molar-refractivity contribution in [1.82, 2.24) is 0 Å². The van der Waals surface area contributed by atoms with Crippen molar-refractivity contribution in [3.05, 3.63) is 29.3 Å². The first-order chi connectivity index (χ1) is 9.08. The predicted octanol–water partition coefficient (Wildman–Crippen LogP) is 2.13. The van der Waals surface area contributed by atoms with Crippen molar-refractivity contribution in [3.8, 4) is 5.75 Å². The highest BCUT2D eigenvalue weighted by molar-refractivity contribution is 5.95. The fraction of sp³-hybridized carbons (Fsp3) is 0.533. The molecule has 1 aromatic rings. The molecule has 1 aromatic carbocycles. The zero-order valence-electron chi connectivity index (χ0n) is 11.4. The van der Waals surface area contributed by atoms with Gasteiger partial charge in [0.1, 0.15) is 11.9 Å². The molecule has 1 fully saturated rings. The van der Waals surface area contributed by atoms with E-state index in [1.54, 1.807) is 6.07 Å². The molecule has 0 saturated heterocycles. The third-order valence-corrected chi connectivity index (χ3v) is 3.68. The fourth-order valence-electron chi connectivity index (χ4n) is 2.54. The first-order valence-corrected chi connectivity index (χ1v) is 6.90. The summed E-state index contributed by atoms with van der Waals surface area (Å²) in [6.07, 6.45) is 5.36. The molecule has 2 atom stereocenters. The summed E-state index contributed by atoms with van der Waals surface area (Å²) in [5, 5.41) is 0. The summed E-state index contributed by atoms with van der Waals surface area (Å²) >= 11 is 0. The van der Waals surface area contributed by atoms with Crippen molar-refractivity contribution in [2.75, 3.05) is 0 Å². The number of carbonyl (C=O) groups is 1. The lowest BCUT2D eigenvalue weighted by molar-refractivity contribution is 0.0989. The average Bonchev–Trinajstić information content (AvgIpc) is 2.55. The molecule has 1 aliphatic carbocycles. The Balaban J connectivity index is 2.21. The van der Waals surface area contributed by atoms with E-state index in [0.29, 0.717) is 11.3 Å². The highest BCUT2D eigenvalue weighted by Crippen LogP contribution is 2.26. The third-order valence-electron chi connectivity index (χ3n) is 3.68. The summed E-state index contributed by atoms with van der Waals surface area (Å²) in [5.74, 6) is 0.104. The Bertz CT molecular complexity index is 459. The first kappa shape index (κ1) is 13.9. The lowest BCUT2D eigenvalue weighted by atomic mass is 10.1. The molecule has 1 aliphatic rings. The molecule has 4 N–H and O–H groups in total. The number of primary amides is 1. The molecule has 0 aliphatic heterocycles. The Morgan fingerprint density at radius 3 is 2.74 bits per heavy atom. The zero-order valence-corrected chi connectivity index (χ0v) is 11.4. The number of benzene rings is 1. The molecule has 0 heterocycles. The van der Waals surface area contributed by atoms with Crippen LogP contribution in [0.15, 0.2) is 18.2 Å². The number of aryl methyl sites for hydroxylation is 1. The topological polar surface area (TPSA) is 78.3 Å². The minimum Gasteiger partial charge on any atom is -0.488 e. The molecule has 0 aromatic heterocycles. The van der Waals surface area contributed by atoms with Crippen LogP contribution in [0, 0.1) is 6.92 Å². The molecule has 19 heavy (non-hydrogen) atoms.